The number of nitrogens with one attached hydrogen (secondary N) is 1. The molecule has 0 unspecified atom stereocenters. The van der Waals surface area contributed by atoms with Gasteiger partial charge in [0.25, 0.3) is 0 Å². The van der Waals surface area contributed by atoms with Gasteiger partial charge in [-0.2, -0.15) is 0 Å². The molecule has 0 radical (unpaired) electrons. The number of ketones is 1. The first-order chi connectivity index (χ1) is 14.3. The van der Waals surface area contributed by atoms with Crippen molar-refractivity contribution < 1.29 is 14.3 Å². The zero-order chi connectivity index (χ0) is 21.4. The van der Waals surface area contributed by atoms with Crippen LogP contribution in [0.15, 0.2) is 30.5 Å². The standard InChI is InChI=1S/C22H22ClFN4O2.2ClH/c1-11(29)15-10-26-19-7-6-18(12-8-16(23)22(30)17(24)9-12)28-21(19)20(15)27-14-4-2-13(25)3-5-14;;/h6-10,13-14,30H,2-5,25H2,1H3,(H,26,27);2*1H/t13-,14-;;. The largest absolute Gasteiger partial charge is 0.504 e. The highest BCUT2D eigenvalue weighted by molar-refractivity contribution is 6.32. The summed E-state index contributed by atoms with van der Waals surface area (Å²) in [5.74, 6) is -1.54. The minimum Gasteiger partial charge on any atom is -0.504 e. The SMILES string of the molecule is CC(=O)c1cnc2ccc(-c3cc(F)c(O)c(Cl)c3)nc2c1N[C@H]1CC[C@H](N)CC1.Cl.Cl. The van der Waals surface area contributed by atoms with Gasteiger partial charge in [-0.3, -0.25) is 9.78 Å². The summed E-state index contributed by atoms with van der Waals surface area (Å²) in [7, 11) is 0. The Labute approximate surface area is 202 Å². The van der Waals surface area contributed by atoms with E-state index in [-0.39, 0.29) is 47.7 Å². The maximum Gasteiger partial charge on any atom is 0.170 e. The van der Waals surface area contributed by atoms with Crippen molar-refractivity contribution in [3.63, 3.8) is 0 Å². The molecular weight excluding hydrogens is 478 g/mol. The lowest BCUT2D eigenvalue weighted by molar-refractivity contribution is 0.101. The molecule has 4 rings (SSSR count). The van der Waals surface area contributed by atoms with Gasteiger partial charge in [0.1, 0.15) is 5.52 Å². The first kappa shape index (κ1) is 26.1. The molecule has 3 aromatic rings. The minimum absolute atomic E-state index is 0. The maximum atomic E-state index is 14.0. The molecule has 1 saturated carbocycles. The molecule has 2 aromatic heterocycles. The van der Waals surface area contributed by atoms with Crippen LogP contribution in [-0.2, 0) is 0 Å². The summed E-state index contributed by atoms with van der Waals surface area (Å²) >= 11 is 5.93. The Bertz CT molecular complexity index is 1110. The number of aromatic hydroxyl groups is 1. The van der Waals surface area contributed by atoms with Gasteiger partial charge < -0.3 is 16.2 Å². The summed E-state index contributed by atoms with van der Waals surface area (Å²) < 4.78 is 14.0. The highest BCUT2D eigenvalue weighted by atomic mass is 35.5. The van der Waals surface area contributed by atoms with Crippen molar-refractivity contribution in [2.24, 2.45) is 5.73 Å². The number of hydrogen-bond acceptors (Lipinski definition) is 6. The van der Waals surface area contributed by atoms with E-state index < -0.39 is 11.6 Å². The van der Waals surface area contributed by atoms with Gasteiger partial charge in [0.15, 0.2) is 17.3 Å². The van der Waals surface area contributed by atoms with Crippen molar-refractivity contribution in [2.45, 2.75) is 44.7 Å². The number of carbonyl (C=O) groups excluding carboxylic acids is 1. The second kappa shape index (κ2) is 10.6. The second-order valence-corrected chi connectivity index (χ2v) is 8.12. The van der Waals surface area contributed by atoms with Crippen LogP contribution in [0.25, 0.3) is 22.3 Å². The molecule has 0 bridgehead atoms. The molecule has 0 saturated heterocycles. The minimum atomic E-state index is -0.827. The number of aromatic nitrogens is 2. The smallest absolute Gasteiger partial charge is 0.170 e. The number of carbonyl (C=O) groups is 1. The van der Waals surface area contributed by atoms with Crippen molar-refractivity contribution in [2.75, 3.05) is 5.32 Å². The number of benzene rings is 1. The lowest BCUT2D eigenvalue weighted by Gasteiger charge is -2.28. The Morgan fingerprint density at radius 3 is 2.53 bits per heavy atom. The molecule has 6 nitrogen and oxygen atoms in total. The molecule has 0 aliphatic heterocycles. The average molecular weight is 502 g/mol. The van der Waals surface area contributed by atoms with Crippen LogP contribution >= 0.6 is 36.4 Å². The van der Waals surface area contributed by atoms with Crippen LogP contribution in [0, 0.1) is 5.82 Å². The third-order valence-electron chi connectivity index (χ3n) is 5.53. The van der Waals surface area contributed by atoms with Gasteiger partial charge >= 0.3 is 0 Å². The lowest BCUT2D eigenvalue weighted by atomic mass is 9.91. The number of hydrogen-bond donors (Lipinski definition) is 3. The van der Waals surface area contributed by atoms with Crippen LogP contribution in [0.4, 0.5) is 10.1 Å². The van der Waals surface area contributed by atoms with Gasteiger partial charge in [0.2, 0.25) is 0 Å². The van der Waals surface area contributed by atoms with Crippen molar-refractivity contribution in [3.05, 3.63) is 46.9 Å². The van der Waals surface area contributed by atoms with E-state index >= 15 is 0 Å². The Hall–Kier alpha value is -2.19. The van der Waals surface area contributed by atoms with Gasteiger partial charge in [-0.25, -0.2) is 9.37 Å². The number of nitrogens with zero attached hydrogens (tertiary/aromatic N) is 2. The summed E-state index contributed by atoms with van der Waals surface area (Å²) in [5, 5.41) is 13.0. The summed E-state index contributed by atoms with van der Waals surface area (Å²) in [6.45, 7) is 1.49. The van der Waals surface area contributed by atoms with Crippen LogP contribution in [0.2, 0.25) is 5.02 Å². The monoisotopic (exact) mass is 500 g/mol. The van der Waals surface area contributed by atoms with Crippen LogP contribution in [0.1, 0.15) is 43.0 Å². The number of rotatable bonds is 4. The quantitative estimate of drug-likeness (QED) is 0.407. The Morgan fingerprint density at radius 2 is 1.91 bits per heavy atom. The molecular formula is C22H24Cl3FN4O2. The summed E-state index contributed by atoms with van der Waals surface area (Å²) in [5.41, 5.74) is 9.11. The van der Waals surface area contributed by atoms with E-state index in [2.05, 4.69) is 15.3 Å². The van der Waals surface area contributed by atoms with Crippen molar-refractivity contribution >= 4 is 58.9 Å². The Morgan fingerprint density at radius 1 is 1.22 bits per heavy atom. The zero-order valence-electron chi connectivity index (χ0n) is 17.3. The number of halogens is 4. The number of pyridine rings is 2. The molecule has 4 N–H and O–H groups in total. The fourth-order valence-electron chi connectivity index (χ4n) is 3.82. The molecule has 1 aromatic carbocycles. The molecule has 32 heavy (non-hydrogen) atoms. The maximum absolute atomic E-state index is 14.0. The van der Waals surface area contributed by atoms with E-state index in [1.807, 2.05) is 0 Å². The van der Waals surface area contributed by atoms with Gasteiger partial charge in [0, 0.05) is 23.8 Å². The van der Waals surface area contributed by atoms with E-state index in [4.69, 9.17) is 17.3 Å². The number of phenolic OH excluding ortho intramolecular Hbond substituents is 1. The number of phenols is 1. The molecule has 1 aliphatic carbocycles. The number of Topliss-reactive ketones (excluding diaryl/α,β-unsaturated/α-hetero) is 1. The molecule has 1 fully saturated rings. The van der Waals surface area contributed by atoms with E-state index in [0.717, 1.165) is 25.7 Å². The molecule has 2 heterocycles. The van der Waals surface area contributed by atoms with Crippen molar-refractivity contribution in [1.29, 1.82) is 0 Å². The third-order valence-corrected chi connectivity index (χ3v) is 5.81. The van der Waals surface area contributed by atoms with Crippen LogP contribution < -0.4 is 11.1 Å². The third kappa shape index (κ3) is 5.23. The van der Waals surface area contributed by atoms with Gasteiger partial charge in [-0.15, -0.1) is 24.8 Å². The second-order valence-electron chi connectivity index (χ2n) is 7.71. The highest BCUT2D eigenvalue weighted by Gasteiger charge is 2.22. The van der Waals surface area contributed by atoms with Crippen LogP contribution in [0.5, 0.6) is 5.75 Å². The summed E-state index contributed by atoms with van der Waals surface area (Å²) in [6.07, 6.45) is 5.20. The first-order valence-corrected chi connectivity index (χ1v) is 10.2. The fourth-order valence-corrected chi connectivity index (χ4v) is 4.03. The zero-order valence-corrected chi connectivity index (χ0v) is 19.7. The number of fused-ring (bicyclic) bond motifs is 1. The molecule has 172 valence electrons. The number of anilines is 1. The van der Waals surface area contributed by atoms with Crippen LogP contribution in [0.3, 0.4) is 0 Å². The normalized spacial score (nSPS) is 17.9. The van der Waals surface area contributed by atoms with Gasteiger partial charge in [-0.1, -0.05) is 11.6 Å². The lowest BCUT2D eigenvalue weighted by Crippen LogP contribution is -2.33. The highest BCUT2D eigenvalue weighted by Crippen LogP contribution is 2.34. The summed E-state index contributed by atoms with van der Waals surface area (Å²) in [6, 6.07) is 6.48. The van der Waals surface area contributed by atoms with Crippen LogP contribution in [-0.4, -0.2) is 32.9 Å². The van der Waals surface area contributed by atoms with Crippen molar-refractivity contribution in [3.8, 4) is 17.0 Å². The van der Waals surface area contributed by atoms with Gasteiger partial charge in [-0.05, 0) is 56.9 Å². The fraction of sp³-hybridized carbons (Fsp3) is 0.318. The molecule has 0 atom stereocenters. The molecule has 1 aliphatic rings. The molecule has 0 amide bonds. The van der Waals surface area contributed by atoms with E-state index in [1.165, 1.54) is 19.1 Å². The van der Waals surface area contributed by atoms with E-state index in [1.54, 1.807) is 18.3 Å². The van der Waals surface area contributed by atoms with E-state index in [0.29, 0.717) is 33.5 Å². The molecule has 0 spiro atoms. The van der Waals surface area contributed by atoms with E-state index in [9.17, 15) is 14.3 Å². The summed E-state index contributed by atoms with van der Waals surface area (Å²) in [4.78, 5) is 21.3. The first-order valence-electron chi connectivity index (χ1n) is 9.84. The topological polar surface area (TPSA) is 101 Å². The number of nitrogens with two attached hydrogens (primary N) is 1. The Balaban J connectivity index is 0.00000181. The average Bonchev–Trinajstić information content (AvgIpc) is 2.73. The van der Waals surface area contributed by atoms with Gasteiger partial charge in [0.05, 0.1) is 27.5 Å². The molecule has 10 heteroatoms. The predicted molar refractivity (Wildman–Crippen MR) is 130 cm³/mol. The predicted octanol–water partition coefficient (Wildman–Crippen LogP) is 5.52. The van der Waals surface area contributed by atoms with Crippen molar-refractivity contribution in [1.82, 2.24) is 9.97 Å². The Kier molecular flexibility index (Phi) is 8.65.